The van der Waals surface area contributed by atoms with Crippen LogP contribution >= 0.6 is 11.8 Å². The number of alkyl halides is 3. The molecule has 140 valence electrons. The molecule has 2 aromatic rings. The van der Waals surface area contributed by atoms with Gasteiger partial charge in [-0.3, -0.25) is 4.79 Å². The SMILES string of the molecule is CCN(CC)c1ccc(Cc2cc(SC(F)(F)F)ccc2C(N)=O)cc1. The molecule has 0 fully saturated rings. The minimum atomic E-state index is -4.38. The van der Waals surface area contributed by atoms with Crippen molar-refractivity contribution in [3.8, 4) is 0 Å². The molecular weight excluding hydrogens is 361 g/mol. The Balaban J connectivity index is 2.29. The van der Waals surface area contributed by atoms with E-state index >= 15 is 0 Å². The van der Waals surface area contributed by atoms with E-state index in [4.69, 9.17) is 5.73 Å². The molecule has 2 rings (SSSR count). The monoisotopic (exact) mass is 382 g/mol. The molecule has 2 aromatic carbocycles. The molecular formula is C19H21F3N2OS. The number of nitrogens with zero attached hydrogens (tertiary/aromatic N) is 1. The van der Waals surface area contributed by atoms with Crippen LogP contribution in [0.5, 0.6) is 0 Å². The summed E-state index contributed by atoms with van der Waals surface area (Å²) in [6.45, 7) is 5.91. The Morgan fingerprint density at radius 2 is 1.69 bits per heavy atom. The molecule has 0 aliphatic heterocycles. The first-order valence-electron chi connectivity index (χ1n) is 8.25. The average molecular weight is 382 g/mol. The van der Waals surface area contributed by atoms with Gasteiger partial charge in [0, 0.05) is 29.2 Å². The highest BCUT2D eigenvalue weighted by Crippen LogP contribution is 2.37. The lowest BCUT2D eigenvalue weighted by Crippen LogP contribution is -2.21. The molecule has 0 aliphatic rings. The summed E-state index contributed by atoms with van der Waals surface area (Å²) >= 11 is -0.201. The second-order valence-electron chi connectivity index (χ2n) is 5.75. The van der Waals surface area contributed by atoms with Crippen LogP contribution in [0.2, 0.25) is 0 Å². The lowest BCUT2D eigenvalue weighted by molar-refractivity contribution is -0.0328. The van der Waals surface area contributed by atoms with Gasteiger partial charge in [0.25, 0.3) is 0 Å². The van der Waals surface area contributed by atoms with Gasteiger partial charge in [-0.25, -0.2) is 0 Å². The first kappa shape index (κ1) is 20.2. The van der Waals surface area contributed by atoms with Crippen molar-refractivity contribution in [2.75, 3.05) is 18.0 Å². The number of amides is 1. The van der Waals surface area contributed by atoms with Crippen molar-refractivity contribution in [3.63, 3.8) is 0 Å². The Kier molecular flexibility index (Phi) is 6.58. The van der Waals surface area contributed by atoms with E-state index in [1.165, 1.54) is 18.2 Å². The third-order valence-electron chi connectivity index (χ3n) is 4.04. The molecule has 0 atom stereocenters. The lowest BCUT2D eigenvalue weighted by Gasteiger charge is -2.21. The first-order chi connectivity index (χ1) is 12.2. The van der Waals surface area contributed by atoms with E-state index in [2.05, 4.69) is 18.7 Å². The summed E-state index contributed by atoms with van der Waals surface area (Å²) in [5.74, 6) is -0.650. The molecule has 0 heterocycles. The van der Waals surface area contributed by atoms with Crippen LogP contribution in [0.4, 0.5) is 18.9 Å². The second kappa shape index (κ2) is 8.49. The van der Waals surface area contributed by atoms with Gasteiger partial charge >= 0.3 is 5.51 Å². The fraction of sp³-hybridized carbons (Fsp3) is 0.316. The summed E-state index contributed by atoms with van der Waals surface area (Å²) in [6.07, 6.45) is 0.336. The lowest BCUT2D eigenvalue weighted by atomic mass is 9.99. The number of benzene rings is 2. The molecule has 0 spiro atoms. The van der Waals surface area contributed by atoms with E-state index in [0.29, 0.717) is 12.0 Å². The van der Waals surface area contributed by atoms with Crippen LogP contribution in [0, 0.1) is 0 Å². The Morgan fingerprint density at radius 1 is 1.08 bits per heavy atom. The van der Waals surface area contributed by atoms with E-state index < -0.39 is 11.4 Å². The predicted molar refractivity (Wildman–Crippen MR) is 99.7 cm³/mol. The standard InChI is InChI=1S/C19H21F3N2OS/c1-3-24(4-2)15-7-5-13(6-8-15)11-14-12-16(26-19(20,21)22)9-10-17(14)18(23)25/h5-10,12H,3-4,11H2,1-2H3,(H2,23,25). The van der Waals surface area contributed by atoms with Gasteiger partial charge in [0.1, 0.15) is 0 Å². The number of carbonyl (C=O) groups is 1. The maximum absolute atomic E-state index is 12.6. The summed E-state index contributed by atoms with van der Waals surface area (Å²) < 4.78 is 37.8. The van der Waals surface area contributed by atoms with Gasteiger partial charge in [-0.1, -0.05) is 12.1 Å². The zero-order valence-electron chi connectivity index (χ0n) is 14.6. The highest BCUT2D eigenvalue weighted by Gasteiger charge is 2.29. The van der Waals surface area contributed by atoms with Crippen molar-refractivity contribution in [2.24, 2.45) is 5.73 Å². The van der Waals surface area contributed by atoms with Crippen LogP contribution in [0.25, 0.3) is 0 Å². The number of hydrogen-bond acceptors (Lipinski definition) is 3. The van der Waals surface area contributed by atoms with Crippen molar-refractivity contribution in [1.82, 2.24) is 0 Å². The summed E-state index contributed by atoms with van der Waals surface area (Å²) in [4.78, 5) is 13.8. The number of hydrogen-bond donors (Lipinski definition) is 1. The highest BCUT2D eigenvalue weighted by atomic mass is 32.2. The fourth-order valence-electron chi connectivity index (χ4n) is 2.79. The van der Waals surface area contributed by atoms with E-state index in [9.17, 15) is 18.0 Å². The number of nitrogens with two attached hydrogens (primary N) is 1. The van der Waals surface area contributed by atoms with Gasteiger partial charge in [-0.05, 0) is 73.5 Å². The van der Waals surface area contributed by atoms with E-state index in [0.717, 1.165) is 24.3 Å². The van der Waals surface area contributed by atoms with Crippen LogP contribution in [-0.2, 0) is 6.42 Å². The topological polar surface area (TPSA) is 46.3 Å². The largest absolute Gasteiger partial charge is 0.446 e. The number of primary amides is 1. The number of rotatable bonds is 7. The maximum atomic E-state index is 12.6. The van der Waals surface area contributed by atoms with E-state index in [1.807, 2.05) is 24.3 Å². The summed E-state index contributed by atoms with van der Waals surface area (Å²) in [5, 5.41) is 0. The van der Waals surface area contributed by atoms with Crippen molar-refractivity contribution in [2.45, 2.75) is 30.7 Å². The molecule has 1 amide bonds. The van der Waals surface area contributed by atoms with Gasteiger partial charge < -0.3 is 10.6 Å². The van der Waals surface area contributed by atoms with Gasteiger partial charge in [0.05, 0.1) is 0 Å². The van der Waals surface area contributed by atoms with E-state index in [-0.39, 0.29) is 22.2 Å². The minimum Gasteiger partial charge on any atom is -0.372 e. The molecule has 3 nitrogen and oxygen atoms in total. The quantitative estimate of drug-likeness (QED) is 0.698. The normalized spacial score (nSPS) is 11.4. The molecule has 0 unspecified atom stereocenters. The Morgan fingerprint density at radius 3 is 2.19 bits per heavy atom. The molecule has 7 heteroatoms. The molecule has 26 heavy (non-hydrogen) atoms. The molecule has 0 bridgehead atoms. The summed E-state index contributed by atoms with van der Waals surface area (Å²) in [7, 11) is 0. The molecule has 0 aromatic heterocycles. The molecule has 2 N–H and O–H groups in total. The number of halogens is 3. The molecule has 0 radical (unpaired) electrons. The molecule has 0 saturated heterocycles. The third-order valence-corrected chi connectivity index (χ3v) is 4.76. The molecule has 0 saturated carbocycles. The highest BCUT2D eigenvalue weighted by molar-refractivity contribution is 8.00. The van der Waals surface area contributed by atoms with Crippen molar-refractivity contribution in [3.05, 3.63) is 59.2 Å². The Hall–Kier alpha value is -2.15. The van der Waals surface area contributed by atoms with Gasteiger partial charge in [0.15, 0.2) is 0 Å². The van der Waals surface area contributed by atoms with Crippen molar-refractivity contribution < 1.29 is 18.0 Å². The zero-order valence-corrected chi connectivity index (χ0v) is 15.5. The Labute approximate surface area is 155 Å². The molecule has 0 aliphatic carbocycles. The summed E-state index contributed by atoms with van der Waals surface area (Å²) in [6, 6.07) is 11.8. The van der Waals surface area contributed by atoms with Gasteiger partial charge in [0.2, 0.25) is 5.91 Å². The van der Waals surface area contributed by atoms with Crippen LogP contribution < -0.4 is 10.6 Å². The van der Waals surface area contributed by atoms with Gasteiger partial charge in [-0.15, -0.1) is 0 Å². The Bertz CT molecular complexity index is 756. The smallest absolute Gasteiger partial charge is 0.372 e. The fourth-order valence-corrected chi connectivity index (χ4v) is 3.39. The number of anilines is 1. The van der Waals surface area contributed by atoms with Crippen molar-refractivity contribution in [1.29, 1.82) is 0 Å². The summed E-state index contributed by atoms with van der Waals surface area (Å²) in [5.41, 5.74) is 3.70. The van der Waals surface area contributed by atoms with Crippen molar-refractivity contribution >= 4 is 23.4 Å². The predicted octanol–water partition coefficient (Wildman–Crippen LogP) is 4.83. The van der Waals surface area contributed by atoms with Crippen LogP contribution in [-0.4, -0.2) is 24.5 Å². The van der Waals surface area contributed by atoms with Crippen LogP contribution in [0.15, 0.2) is 47.4 Å². The minimum absolute atomic E-state index is 0.0391. The average Bonchev–Trinajstić information content (AvgIpc) is 2.56. The first-order valence-corrected chi connectivity index (χ1v) is 9.07. The zero-order chi connectivity index (χ0) is 19.3. The number of carbonyl (C=O) groups excluding carboxylic acids is 1. The second-order valence-corrected chi connectivity index (χ2v) is 6.88. The van der Waals surface area contributed by atoms with Crippen LogP contribution in [0.3, 0.4) is 0 Å². The third kappa shape index (κ3) is 5.42. The van der Waals surface area contributed by atoms with Gasteiger partial charge in [-0.2, -0.15) is 13.2 Å². The number of thioether (sulfide) groups is 1. The van der Waals surface area contributed by atoms with Crippen LogP contribution in [0.1, 0.15) is 35.3 Å². The van der Waals surface area contributed by atoms with E-state index in [1.54, 1.807) is 0 Å². The maximum Gasteiger partial charge on any atom is 0.446 e.